The lowest BCUT2D eigenvalue weighted by atomic mass is 9.92. The number of allylic oxidation sites excluding steroid dienone is 1. The molecule has 1 aliphatic carbocycles. The van der Waals surface area contributed by atoms with Crippen LogP contribution >= 0.6 is 58.1 Å². The molecule has 0 fully saturated rings. The third-order valence-electron chi connectivity index (χ3n) is 4.87. The molecule has 0 atom stereocenters. The number of aromatic nitrogens is 2. The van der Waals surface area contributed by atoms with Gasteiger partial charge in [0.2, 0.25) is 0 Å². The standard InChI is InChI=1S/C21H19Cl3N4OS2/c1-12-9-18(30-20(12)24)31-27-21(29)25-8-7-13-3-2-4-14-11-26-28(19(13)14)17-6-5-15(22)10-16(17)23/h5-7,9-11H,2-4,8H2,1H3,(H2,25,27,29)/b13-7+. The van der Waals surface area contributed by atoms with Gasteiger partial charge in [0, 0.05) is 11.6 Å². The zero-order chi connectivity index (χ0) is 22.0. The van der Waals surface area contributed by atoms with E-state index in [0.717, 1.165) is 50.3 Å². The van der Waals surface area contributed by atoms with Crippen LogP contribution in [0.1, 0.15) is 29.7 Å². The Balaban J connectivity index is 1.44. The number of thiophene rings is 1. The molecule has 2 N–H and O–H groups in total. The number of fused-ring (bicyclic) bond motifs is 1. The molecule has 2 heterocycles. The van der Waals surface area contributed by atoms with Gasteiger partial charge in [-0.25, -0.2) is 9.48 Å². The summed E-state index contributed by atoms with van der Waals surface area (Å²) in [5, 5.41) is 8.56. The van der Waals surface area contributed by atoms with Crippen LogP contribution in [-0.2, 0) is 6.42 Å². The van der Waals surface area contributed by atoms with Crippen molar-refractivity contribution in [2.24, 2.45) is 0 Å². The van der Waals surface area contributed by atoms with Crippen molar-refractivity contribution >= 4 is 69.7 Å². The molecule has 0 unspecified atom stereocenters. The van der Waals surface area contributed by atoms with Gasteiger partial charge >= 0.3 is 6.03 Å². The second kappa shape index (κ2) is 9.88. The number of amides is 2. The van der Waals surface area contributed by atoms with Crippen LogP contribution in [-0.4, -0.2) is 22.4 Å². The third-order valence-corrected chi connectivity index (χ3v) is 7.86. The van der Waals surface area contributed by atoms with E-state index in [1.165, 1.54) is 28.8 Å². The molecular formula is C21H19Cl3N4OS2. The monoisotopic (exact) mass is 512 g/mol. The first-order valence-corrected chi connectivity index (χ1v) is 12.4. The molecule has 1 aliphatic rings. The molecule has 3 aromatic rings. The summed E-state index contributed by atoms with van der Waals surface area (Å²) in [7, 11) is 0. The first kappa shape index (κ1) is 22.6. The van der Waals surface area contributed by atoms with Crippen molar-refractivity contribution < 1.29 is 4.79 Å². The van der Waals surface area contributed by atoms with Gasteiger partial charge in [0.15, 0.2) is 0 Å². The Labute approximate surface area is 203 Å². The van der Waals surface area contributed by atoms with Crippen molar-refractivity contribution in [3.8, 4) is 5.69 Å². The molecule has 0 saturated carbocycles. The van der Waals surface area contributed by atoms with Gasteiger partial charge in [-0.3, -0.25) is 4.72 Å². The minimum Gasteiger partial charge on any atom is -0.334 e. The number of urea groups is 1. The molecule has 5 nitrogen and oxygen atoms in total. The number of hydrogen-bond acceptors (Lipinski definition) is 4. The van der Waals surface area contributed by atoms with Crippen molar-refractivity contribution in [1.29, 1.82) is 0 Å². The number of carbonyl (C=O) groups is 1. The fourth-order valence-corrected chi connectivity index (χ4v) is 6.02. The summed E-state index contributed by atoms with van der Waals surface area (Å²) in [6.07, 6.45) is 6.84. The van der Waals surface area contributed by atoms with Crippen molar-refractivity contribution in [2.45, 2.75) is 30.4 Å². The van der Waals surface area contributed by atoms with Crippen LogP contribution in [0.15, 0.2) is 40.7 Å². The molecule has 0 aliphatic heterocycles. The van der Waals surface area contributed by atoms with Gasteiger partial charge in [-0.05, 0) is 79.1 Å². The van der Waals surface area contributed by atoms with E-state index in [-0.39, 0.29) is 6.03 Å². The first-order chi connectivity index (χ1) is 14.9. The van der Waals surface area contributed by atoms with Crippen molar-refractivity contribution in [3.05, 3.63) is 67.7 Å². The van der Waals surface area contributed by atoms with Gasteiger partial charge < -0.3 is 5.32 Å². The summed E-state index contributed by atoms with van der Waals surface area (Å²) in [4.78, 5) is 12.2. The normalized spacial score (nSPS) is 14.5. The van der Waals surface area contributed by atoms with E-state index < -0.39 is 0 Å². The largest absolute Gasteiger partial charge is 0.334 e. The van der Waals surface area contributed by atoms with E-state index in [1.54, 1.807) is 12.1 Å². The second-order valence-electron chi connectivity index (χ2n) is 7.05. The minimum atomic E-state index is -0.255. The third kappa shape index (κ3) is 5.23. The number of hydrogen-bond donors (Lipinski definition) is 2. The summed E-state index contributed by atoms with van der Waals surface area (Å²) in [5.41, 5.74) is 5.14. The summed E-state index contributed by atoms with van der Waals surface area (Å²) in [6.45, 7) is 2.35. The fourth-order valence-electron chi connectivity index (χ4n) is 3.41. The number of rotatable bonds is 5. The highest BCUT2D eigenvalue weighted by atomic mass is 35.5. The van der Waals surface area contributed by atoms with E-state index in [1.807, 2.05) is 36.0 Å². The molecule has 0 spiro atoms. The maximum atomic E-state index is 12.2. The van der Waals surface area contributed by atoms with Gasteiger partial charge in [0.05, 0.1) is 31.1 Å². The Hall–Kier alpha value is -1.64. The van der Waals surface area contributed by atoms with Gasteiger partial charge in [-0.2, -0.15) is 5.10 Å². The van der Waals surface area contributed by atoms with Crippen LogP contribution in [0, 0.1) is 6.92 Å². The molecular weight excluding hydrogens is 495 g/mol. The molecule has 0 bridgehead atoms. The first-order valence-electron chi connectivity index (χ1n) is 9.60. The number of benzene rings is 1. The zero-order valence-electron chi connectivity index (χ0n) is 16.5. The van der Waals surface area contributed by atoms with Crippen molar-refractivity contribution in [1.82, 2.24) is 19.8 Å². The number of carbonyl (C=O) groups excluding carboxylic acids is 1. The van der Waals surface area contributed by atoms with E-state index in [9.17, 15) is 4.79 Å². The number of nitrogens with zero attached hydrogens (tertiary/aromatic N) is 2. The molecule has 0 radical (unpaired) electrons. The Morgan fingerprint density at radius 2 is 2.13 bits per heavy atom. The van der Waals surface area contributed by atoms with Crippen molar-refractivity contribution in [2.75, 3.05) is 6.54 Å². The Morgan fingerprint density at radius 3 is 2.87 bits per heavy atom. The second-order valence-corrected chi connectivity index (χ2v) is 10.6. The van der Waals surface area contributed by atoms with Crippen LogP contribution in [0.3, 0.4) is 0 Å². The SMILES string of the molecule is Cc1cc(SNC(=O)NC/C=C2\CCCc3cnn(-c4ccc(Cl)cc4Cl)c32)sc1Cl. The highest BCUT2D eigenvalue weighted by molar-refractivity contribution is 7.99. The molecule has 2 amide bonds. The molecule has 31 heavy (non-hydrogen) atoms. The molecule has 4 rings (SSSR count). The minimum absolute atomic E-state index is 0.255. The molecule has 0 saturated heterocycles. The van der Waals surface area contributed by atoms with E-state index in [4.69, 9.17) is 34.8 Å². The van der Waals surface area contributed by atoms with Crippen LogP contribution in [0.5, 0.6) is 0 Å². The Morgan fingerprint density at radius 1 is 1.29 bits per heavy atom. The van der Waals surface area contributed by atoms with E-state index in [0.29, 0.717) is 16.6 Å². The molecule has 1 aromatic carbocycles. The lowest BCUT2D eigenvalue weighted by molar-refractivity contribution is 0.247. The lowest BCUT2D eigenvalue weighted by Gasteiger charge is -2.18. The summed E-state index contributed by atoms with van der Waals surface area (Å²) in [5.74, 6) is 0. The fraction of sp³-hybridized carbons (Fsp3) is 0.238. The van der Waals surface area contributed by atoms with Gasteiger partial charge in [0.1, 0.15) is 0 Å². The quantitative estimate of drug-likeness (QED) is 0.364. The average Bonchev–Trinajstić information content (AvgIpc) is 3.30. The van der Waals surface area contributed by atoms with Gasteiger partial charge in [0.25, 0.3) is 0 Å². The summed E-state index contributed by atoms with van der Waals surface area (Å²) >= 11 is 21.2. The summed E-state index contributed by atoms with van der Waals surface area (Å²) < 4.78 is 6.32. The van der Waals surface area contributed by atoms with Crippen LogP contribution < -0.4 is 10.0 Å². The predicted octanol–water partition coefficient (Wildman–Crippen LogP) is 6.93. The van der Waals surface area contributed by atoms with Crippen LogP contribution in [0.2, 0.25) is 14.4 Å². The molecule has 2 aromatic heterocycles. The zero-order valence-corrected chi connectivity index (χ0v) is 20.4. The number of halogens is 3. The van der Waals surface area contributed by atoms with Gasteiger partial charge in [-0.1, -0.05) is 40.9 Å². The predicted molar refractivity (Wildman–Crippen MR) is 131 cm³/mol. The van der Waals surface area contributed by atoms with Crippen LogP contribution in [0.25, 0.3) is 11.3 Å². The highest BCUT2D eigenvalue weighted by Gasteiger charge is 2.21. The highest BCUT2D eigenvalue weighted by Crippen LogP contribution is 2.35. The van der Waals surface area contributed by atoms with Crippen LogP contribution in [0.4, 0.5) is 4.79 Å². The Kier molecular flexibility index (Phi) is 7.19. The smallest absolute Gasteiger partial charge is 0.325 e. The number of aryl methyl sites for hydroxylation is 2. The Bertz CT molecular complexity index is 1140. The number of nitrogens with one attached hydrogen (secondary N) is 2. The van der Waals surface area contributed by atoms with E-state index >= 15 is 0 Å². The van der Waals surface area contributed by atoms with Gasteiger partial charge in [-0.15, -0.1) is 11.3 Å². The lowest BCUT2D eigenvalue weighted by Crippen LogP contribution is -2.31. The summed E-state index contributed by atoms with van der Waals surface area (Å²) in [6, 6.07) is 7.08. The maximum Gasteiger partial charge on any atom is 0.325 e. The molecule has 162 valence electrons. The maximum absolute atomic E-state index is 12.2. The van der Waals surface area contributed by atoms with E-state index in [2.05, 4.69) is 15.1 Å². The topological polar surface area (TPSA) is 59.0 Å². The average molecular weight is 514 g/mol. The molecule has 10 heteroatoms. The van der Waals surface area contributed by atoms with Crippen molar-refractivity contribution in [3.63, 3.8) is 0 Å².